The average molecular weight is 387 g/mol. The molecule has 0 unspecified atom stereocenters. The van der Waals surface area contributed by atoms with Crippen LogP contribution in [0.4, 0.5) is 0 Å². The van der Waals surface area contributed by atoms with Gasteiger partial charge in [0.1, 0.15) is 18.1 Å². The van der Waals surface area contributed by atoms with Crippen LogP contribution in [0.2, 0.25) is 0 Å². The van der Waals surface area contributed by atoms with Gasteiger partial charge in [-0.3, -0.25) is 14.2 Å². The Morgan fingerprint density at radius 3 is 2.52 bits per heavy atom. The minimum absolute atomic E-state index is 0.0734. The first-order valence-electron chi connectivity index (χ1n) is 9.42. The minimum atomic E-state index is -0.209. The Labute approximate surface area is 168 Å². The van der Waals surface area contributed by atoms with Crippen molar-refractivity contribution in [2.45, 2.75) is 26.6 Å². The molecule has 6 nitrogen and oxygen atoms in total. The summed E-state index contributed by atoms with van der Waals surface area (Å²) in [5, 5.41) is 0.506. The molecule has 0 saturated carbocycles. The number of fused-ring (bicyclic) bond motifs is 1. The molecule has 0 aliphatic carbocycles. The zero-order chi connectivity index (χ0) is 20.2. The molecular weight excluding hydrogens is 366 g/mol. The molecule has 0 bridgehead atoms. The highest BCUT2D eigenvalue weighted by Crippen LogP contribution is 2.13. The number of para-hydroxylation sites is 1. The molecule has 4 rings (SSSR count). The number of nitrogens with zero attached hydrogens (tertiary/aromatic N) is 3. The van der Waals surface area contributed by atoms with Crippen molar-refractivity contribution < 1.29 is 9.21 Å². The summed E-state index contributed by atoms with van der Waals surface area (Å²) in [6, 6.07) is 20.5. The lowest BCUT2D eigenvalue weighted by Gasteiger charge is -2.23. The van der Waals surface area contributed by atoms with Gasteiger partial charge in [-0.1, -0.05) is 42.5 Å². The van der Waals surface area contributed by atoms with Gasteiger partial charge in [0.25, 0.3) is 5.56 Å². The van der Waals surface area contributed by atoms with Crippen LogP contribution in [0.5, 0.6) is 0 Å². The molecule has 0 N–H and O–H groups in total. The van der Waals surface area contributed by atoms with Crippen molar-refractivity contribution >= 4 is 16.8 Å². The second-order valence-electron chi connectivity index (χ2n) is 6.88. The third-order valence-corrected chi connectivity index (χ3v) is 4.84. The molecule has 0 aliphatic heterocycles. The van der Waals surface area contributed by atoms with Crippen molar-refractivity contribution in [1.82, 2.24) is 14.5 Å². The van der Waals surface area contributed by atoms with Crippen molar-refractivity contribution in [3.05, 3.63) is 100 Å². The molecule has 0 radical (unpaired) electrons. The first-order valence-corrected chi connectivity index (χ1v) is 9.42. The first-order chi connectivity index (χ1) is 14.1. The molecule has 0 saturated heterocycles. The Hall–Kier alpha value is -3.67. The van der Waals surface area contributed by atoms with E-state index in [-0.39, 0.29) is 18.0 Å². The van der Waals surface area contributed by atoms with Crippen LogP contribution in [-0.4, -0.2) is 20.4 Å². The fourth-order valence-electron chi connectivity index (χ4n) is 3.33. The molecule has 4 aromatic rings. The lowest BCUT2D eigenvalue weighted by molar-refractivity contribution is -0.133. The lowest BCUT2D eigenvalue weighted by Crippen LogP contribution is -2.36. The van der Waals surface area contributed by atoms with Gasteiger partial charge in [-0.05, 0) is 36.8 Å². The number of aromatic nitrogens is 2. The molecule has 0 spiro atoms. The Morgan fingerprint density at radius 2 is 1.76 bits per heavy atom. The quantitative estimate of drug-likeness (QED) is 0.508. The van der Waals surface area contributed by atoms with Gasteiger partial charge in [-0.25, -0.2) is 4.98 Å². The number of furan rings is 1. The maximum Gasteiger partial charge on any atom is 0.261 e. The van der Waals surface area contributed by atoms with E-state index >= 15 is 0 Å². The summed E-state index contributed by atoms with van der Waals surface area (Å²) < 4.78 is 6.87. The molecule has 0 fully saturated rings. The van der Waals surface area contributed by atoms with Gasteiger partial charge in [-0.2, -0.15) is 0 Å². The number of benzene rings is 2. The normalized spacial score (nSPS) is 10.9. The van der Waals surface area contributed by atoms with Gasteiger partial charge in [0, 0.05) is 6.54 Å². The van der Waals surface area contributed by atoms with E-state index in [9.17, 15) is 9.59 Å². The second kappa shape index (κ2) is 8.14. The highest BCUT2D eigenvalue weighted by molar-refractivity contribution is 5.79. The Morgan fingerprint density at radius 1 is 1.00 bits per heavy atom. The van der Waals surface area contributed by atoms with Gasteiger partial charge in [0.05, 0.1) is 23.7 Å². The molecule has 2 aromatic carbocycles. The third-order valence-electron chi connectivity index (χ3n) is 4.84. The molecule has 2 aromatic heterocycles. The lowest BCUT2D eigenvalue weighted by atomic mass is 10.2. The zero-order valence-corrected chi connectivity index (χ0v) is 16.1. The van der Waals surface area contributed by atoms with Crippen LogP contribution in [0.1, 0.15) is 17.1 Å². The number of hydrogen-bond acceptors (Lipinski definition) is 4. The van der Waals surface area contributed by atoms with Crippen LogP contribution in [0.3, 0.4) is 0 Å². The van der Waals surface area contributed by atoms with Crippen LogP contribution < -0.4 is 5.56 Å². The summed E-state index contributed by atoms with van der Waals surface area (Å²) in [6.07, 6.45) is 1.59. The molecule has 1 amide bonds. The number of carbonyl (C=O) groups is 1. The summed E-state index contributed by atoms with van der Waals surface area (Å²) in [5.74, 6) is 1.03. The van der Waals surface area contributed by atoms with Gasteiger partial charge < -0.3 is 9.32 Å². The predicted octanol–water partition coefficient (Wildman–Crippen LogP) is 3.53. The number of hydrogen-bond donors (Lipinski definition) is 0. The summed E-state index contributed by atoms with van der Waals surface area (Å²) >= 11 is 0. The average Bonchev–Trinajstić information content (AvgIpc) is 3.24. The van der Waals surface area contributed by atoms with E-state index in [0.717, 1.165) is 5.56 Å². The van der Waals surface area contributed by atoms with E-state index in [1.807, 2.05) is 42.5 Å². The van der Waals surface area contributed by atoms with E-state index in [1.54, 1.807) is 42.4 Å². The minimum Gasteiger partial charge on any atom is -0.467 e. The highest BCUT2D eigenvalue weighted by Gasteiger charge is 2.19. The van der Waals surface area contributed by atoms with Crippen molar-refractivity contribution in [3.63, 3.8) is 0 Å². The molecule has 0 aliphatic rings. The highest BCUT2D eigenvalue weighted by atomic mass is 16.3. The van der Waals surface area contributed by atoms with Crippen molar-refractivity contribution in [2.75, 3.05) is 0 Å². The molecule has 6 heteroatoms. The summed E-state index contributed by atoms with van der Waals surface area (Å²) in [6.45, 7) is 2.43. The molecule has 2 heterocycles. The topological polar surface area (TPSA) is 68.3 Å². The molecule has 29 heavy (non-hydrogen) atoms. The first kappa shape index (κ1) is 18.7. The van der Waals surface area contributed by atoms with Crippen molar-refractivity contribution in [3.8, 4) is 0 Å². The van der Waals surface area contributed by atoms with Gasteiger partial charge in [-0.15, -0.1) is 0 Å². The van der Waals surface area contributed by atoms with Crippen LogP contribution >= 0.6 is 0 Å². The Kier molecular flexibility index (Phi) is 5.24. The Bertz CT molecular complexity index is 1180. The van der Waals surface area contributed by atoms with E-state index in [2.05, 4.69) is 4.98 Å². The molecular formula is C23H21N3O3. The Balaban J connectivity index is 1.64. The van der Waals surface area contributed by atoms with Crippen LogP contribution in [0.25, 0.3) is 10.9 Å². The van der Waals surface area contributed by atoms with Gasteiger partial charge in [0.15, 0.2) is 0 Å². The van der Waals surface area contributed by atoms with Crippen LogP contribution in [-0.2, 0) is 24.4 Å². The van der Waals surface area contributed by atoms with Crippen LogP contribution in [0.15, 0.2) is 82.2 Å². The van der Waals surface area contributed by atoms with Crippen LogP contribution in [0, 0.1) is 6.92 Å². The second-order valence-corrected chi connectivity index (χ2v) is 6.88. The third kappa shape index (κ3) is 4.11. The largest absolute Gasteiger partial charge is 0.467 e. The monoisotopic (exact) mass is 387 g/mol. The van der Waals surface area contributed by atoms with E-state index in [0.29, 0.717) is 35.6 Å². The number of carbonyl (C=O) groups excluding carboxylic acids is 1. The summed E-state index contributed by atoms with van der Waals surface area (Å²) in [4.78, 5) is 32.3. The smallest absolute Gasteiger partial charge is 0.261 e. The van der Waals surface area contributed by atoms with Gasteiger partial charge in [0.2, 0.25) is 5.91 Å². The van der Waals surface area contributed by atoms with E-state index < -0.39 is 0 Å². The maximum atomic E-state index is 13.2. The molecule has 146 valence electrons. The van der Waals surface area contributed by atoms with Crippen molar-refractivity contribution in [1.29, 1.82) is 0 Å². The number of rotatable bonds is 6. The van der Waals surface area contributed by atoms with Crippen molar-refractivity contribution in [2.24, 2.45) is 0 Å². The maximum absolute atomic E-state index is 13.2. The standard InChI is InChI=1S/C23H21N3O3/c1-17-24-21-12-6-5-11-20(21)23(28)26(17)16-22(27)25(15-19-10-7-13-29-19)14-18-8-3-2-4-9-18/h2-13H,14-16H2,1H3. The van der Waals surface area contributed by atoms with Gasteiger partial charge >= 0.3 is 0 Å². The SMILES string of the molecule is Cc1nc2ccccc2c(=O)n1CC(=O)N(Cc1ccccc1)Cc1ccco1. The zero-order valence-electron chi connectivity index (χ0n) is 16.1. The van der Waals surface area contributed by atoms with E-state index in [4.69, 9.17) is 4.42 Å². The summed E-state index contributed by atoms with van der Waals surface area (Å²) in [5.41, 5.74) is 1.43. The fourth-order valence-corrected chi connectivity index (χ4v) is 3.33. The predicted molar refractivity (Wildman–Crippen MR) is 110 cm³/mol. The summed E-state index contributed by atoms with van der Waals surface area (Å²) in [7, 11) is 0. The fraction of sp³-hybridized carbons (Fsp3) is 0.174. The molecule has 0 atom stereocenters. The van der Waals surface area contributed by atoms with E-state index in [1.165, 1.54) is 4.57 Å². The number of amides is 1. The number of aryl methyl sites for hydroxylation is 1.